The zero-order chi connectivity index (χ0) is 11.6. The minimum Gasteiger partial charge on any atom is -0.435 e. The lowest BCUT2D eigenvalue weighted by molar-refractivity contribution is -0.287. The topological polar surface area (TPSA) is 9.23 Å². The van der Waals surface area contributed by atoms with Gasteiger partial charge in [0.15, 0.2) is 0 Å². The van der Waals surface area contributed by atoms with E-state index in [1.54, 1.807) is 0 Å². The number of rotatable bonds is 3. The van der Waals surface area contributed by atoms with Gasteiger partial charge in [-0.05, 0) is 0 Å². The van der Waals surface area contributed by atoms with Crippen LogP contribution in [0.15, 0.2) is 12.3 Å². The Labute approximate surface area is 81.6 Å². The summed E-state index contributed by atoms with van der Waals surface area (Å²) in [4.78, 5) is -4.74. The molecule has 0 aliphatic carbocycles. The molecule has 0 aliphatic heterocycles. The molecule has 0 amide bonds. The van der Waals surface area contributed by atoms with E-state index in [4.69, 9.17) is 0 Å². The molecule has 9 heteroatoms. The second kappa shape index (κ2) is 3.95. The number of alkyl halides is 8. The lowest BCUT2D eigenvalue weighted by atomic mass is 10.6. The minimum absolute atomic E-state index is 0.546. The van der Waals surface area contributed by atoms with E-state index in [9.17, 15) is 30.7 Å². The van der Waals surface area contributed by atoms with Crippen molar-refractivity contribution in [3.8, 4) is 0 Å². The molecule has 0 atom stereocenters. The minimum atomic E-state index is -5.05. The van der Waals surface area contributed by atoms with Crippen LogP contribution >= 0.6 is 15.9 Å². The first kappa shape index (κ1) is 13.5. The van der Waals surface area contributed by atoms with Gasteiger partial charge in [0.2, 0.25) is 0 Å². The molecule has 0 saturated carbocycles. The van der Waals surface area contributed by atoms with Crippen LogP contribution in [-0.2, 0) is 4.74 Å². The monoisotopic (exact) mass is 290 g/mol. The first-order valence-electron chi connectivity index (χ1n) is 2.82. The molecule has 0 rings (SSSR count). The van der Waals surface area contributed by atoms with E-state index >= 15 is 0 Å². The summed E-state index contributed by atoms with van der Waals surface area (Å²) < 4.78 is 84.7. The highest BCUT2D eigenvalue weighted by Crippen LogP contribution is 2.40. The summed E-state index contributed by atoms with van der Waals surface area (Å²) in [5.74, 6) is 0. The first-order valence-corrected chi connectivity index (χ1v) is 3.62. The Kier molecular flexibility index (Phi) is 3.82. The Morgan fingerprint density at radius 2 is 1.36 bits per heavy atom. The maximum atomic E-state index is 12.1. The predicted molar refractivity (Wildman–Crippen MR) is 35.1 cm³/mol. The van der Waals surface area contributed by atoms with E-state index < -0.39 is 29.5 Å². The van der Waals surface area contributed by atoms with Crippen molar-refractivity contribution in [3.05, 3.63) is 12.3 Å². The van der Waals surface area contributed by atoms with Crippen molar-refractivity contribution in [1.82, 2.24) is 0 Å². The molecule has 0 radical (unpaired) electrons. The number of allylic oxidation sites excluding steroid dienone is 1. The predicted octanol–water partition coefficient (Wildman–Crippen LogP) is 3.66. The van der Waals surface area contributed by atoms with Crippen LogP contribution in [0.2, 0.25) is 0 Å². The number of hydrogen-bond donors (Lipinski definition) is 0. The fourth-order valence-corrected chi connectivity index (χ4v) is 0.357. The highest BCUT2D eigenvalue weighted by Gasteiger charge is 2.57. The molecule has 1 nitrogen and oxygen atoms in total. The first-order chi connectivity index (χ1) is 5.96. The molecular formula is C5H2BrF7O. The highest BCUT2D eigenvalue weighted by molar-refractivity contribution is 9.10. The molecule has 0 bridgehead atoms. The van der Waals surface area contributed by atoms with Gasteiger partial charge in [-0.25, -0.2) is 0 Å². The van der Waals surface area contributed by atoms with E-state index in [2.05, 4.69) is 4.74 Å². The molecule has 0 aliphatic rings. The Morgan fingerprint density at radius 3 is 1.64 bits per heavy atom. The Balaban J connectivity index is 4.34. The molecule has 84 valence electrons. The van der Waals surface area contributed by atoms with Crippen molar-refractivity contribution < 1.29 is 35.5 Å². The van der Waals surface area contributed by atoms with E-state index in [0.717, 1.165) is 0 Å². The van der Waals surface area contributed by atoms with Gasteiger partial charge in [-0.1, -0.05) is 0 Å². The normalized spacial score (nSPS) is 14.9. The zero-order valence-corrected chi connectivity index (χ0v) is 7.67. The SMILES string of the molecule is FC(F)(F)C=COC(F)(F)C(F)(F)Br. The average Bonchev–Trinajstić information content (AvgIpc) is 1.80. The van der Waals surface area contributed by atoms with Gasteiger partial charge in [0.25, 0.3) is 0 Å². The zero-order valence-electron chi connectivity index (χ0n) is 6.09. The lowest BCUT2D eigenvalue weighted by Crippen LogP contribution is -2.36. The molecule has 0 aromatic carbocycles. The van der Waals surface area contributed by atoms with Crippen molar-refractivity contribution in [3.63, 3.8) is 0 Å². The third-order valence-corrected chi connectivity index (χ3v) is 1.26. The third kappa shape index (κ3) is 4.68. The van der Waals surface area contributed by atoms with Gasteiger partial charge in [-0.3, -0.25) is 0 Å². The molecule has 0 spiro atoms. The van der Waals surface area contributed by atoms with Crippen molar-refractivity contribution in [2.75, 3.05) is 0 Å². The van der Waals surface area contributed by atoms with Crippen LogP contribution < -0.4 is 0 Å². The van der Waals surface area contributed by atoms with E-state index in [1.807, 2.05) is 0 Å². The van der Waals surface area contributed by atoms with Gasteiger partial charge >= 0.3 is 17.1 Å². The fourth-order valence-electron chi connectivity index (χ4n) is 0.263. The van der Waals surface area contributed by atoms with Gasteiger partial charge in [-0.2, -0.15) is 30.7 Å². The van der Waals surface area contributed by atoms with Crippen molar-refractivity contribution in [1.29, 1.82) is 0 Å². The summed E-state index contributed by atoms with van der Waals surface area (Å²) in [6.07, 6.45) is -11.2. The van der Waals surface area contributed by atoms with Crippen LogP contribution in [-0.4, -0.2) is 17.1 Å². The van der Waals surface area contributed by atoms with Crippen molar-refractivity contribution in [2.24, 2.45) is 0 Å². The number of halogens is 8. The maximum Gasteiger partial charge on any atom is 0.474 e. The molecule has 0 aromatic rings. The summed E-state index contributed by atoms with van der Waals surface area (Å²) in [6, 6.07) is 0. The van der Waals surface area contributed by atoms with E-state index in [-0.39, 0.29) is 0 Å². The van der Waals surface area contributed by atoms with Crippen LogP contribution in [0.1, 0.15) is 0 Å². The quantitative estimate of drug-likeness (QED) is 0.438. The lowest BCUT2D eigenvalue weighted by Gasteiger charge is -2.19. The summed E-state index contributed by atoms with van der Waals surface area (Å²) in [6.45, 7) is 0. The molecular weight excluding hydrogens is 289 g/mol. The standard InChI is InChI=1S/C5H2BrF7O/c6-4(10,11)5(12,13)14-2-1-3(7,8)9/h1-2H. The van der Waals surface area contributed by atoms with Crippen LogP contribution in [0.3, 0.4) is 0 Å². The number of ether oxygens (including phenoxy) is 1. The van der Waals surface area contributed by atoms with Crippen LogP contribution in [0.4, 0.5) is 30.7 Å². The summed E-state index contributed by atoms with van der Waals surface area (Å²) >= 11 is 1.26. The molecule has 0 heterocycles. The summed E-state index contributed by atoms with van der Waals surface area (Å²) in [7, 11) is 0. The summed E-state index contributed by atoms with van der Waals surface area (Å²) in [5, 5.41) is 0. The Bertz CT molecular complexity index is 215. The van der Waals surface area contributed by atoms with Crippen molar-refractivity contribution in [2.45, 2.75) is 17.1 Å². The fraction of sp³-hybridized carbons (Fsp3) is 0.600. The molecule has 0 saturated heterocycles. The van der Waals surface area contributed by atoms with Gasteiger partial charge in [-0.15, -0.1) is 0 Å². The highest BCUT2D eigenvalue weighted by atomic mass is 79.9. The molecule has 14 heavy (non-hydrogen) atoms. The van der Waals surface area contributed by atoms with Gasteiger partial charge in [0.1, 0.15) is 0 Å². The Hall–Kier alpha value is -0.470. The summed E-state index contributed by atoms with van der Waals surface area (Å²) in [5.41, 5.74) is 0. The van der Waals surface area contributed by atoms with Crippen LogP contribution in [0.25, 0.3) is 0 Å². The maximum absolute atomic E-state index is 12.1. The third-order valence-electron chi connectivity index (χ3n) is 0.803. The molecule has 0 fully saturated rings. The van der Waals surface area contributed by atoms with Crippen LogP contribution in [0, 0.1) is 0 Å². The second-order valence-corrected chi connectivity index (χ2v) is 2.97. The van der Waals surface area contributed by atoms with Crippen molar-refractivity contribution >= 4 is 15.9 Å². The molecule has 0 N–H and O–H groups in total. The smallest absolute Gasteiger partial charge is 0.435 e. The average molecular weight is 291 g/mol. The number of hydrogen-bond acceptors (Lipinski definition) is 1. The van der Waals surface area contributed by atoms with Gasteiger partial charge in [0, 0.05) is 15.9 Å². The largest absolute Gasteiger partial charge is 0.474 e. The Morgan fingerprint density at radius 1 is 0.929 bits per heavy atom. The van der Waals surface area contributed by atoms with E-state index in [0.29, 0.717) is 0 Å². The van der Waals surface area contributed by atoms with Gasteiger partial charge < -0.3 is 4.74 Å². The van der Waals surface area contributed by atoms with Crippen LogP contribution in [0.5, 0.6) is 0 Å². The van der Waals surface area contributed by atoms with Gasteiger partial charge in [0.05, 0.1) is 12.3 Å². The molecule has 0 unspecified atom stereocenters. The van der Waals surface area contributed by atoms with E-state index in [1.165, 1.54) is 15.9 Å². The molecule has 0 aromatic heterocycles. The second-order valence-electron chi connectivity index (χ2n) is 1.98.